The summed E-state index contributed by atoms with van der Waals surface area (Å²) in [5, 5.41) is 2.93. The smallest absolute Gasteiger partial charge is 0.425 e. The fourth-order valence-electron chi connectivity index (χ4n) is 3.01. The number of fused-ring (bicyclic) bond motifs is 2. The predicted octanol–water partition coefficient (Wildman–Crippen LogP) is 8.47. The van der Waals surface area contributed by atoms with Crippen LogP contribution in [0.25, 0.3) is 20.2 Å². The molecule has 0 atom stereocenters. The number of ether oxygens (including phenoxy) is 2. The van der Waals surface area contributed by atoms with Gasteiger partial charge in [-0.05, 0) is 107 Å². The second-order valence-corrected chi connectivity index (χ2v) is 12.6. The summed E-state index contributed by atoms with van der Waals surface area (Å²) in [7, 11) is 0. The third-order valence-electron chi connectivity index (χ3n) is 4.56. The maximum absolute atomic E-state index is 12.7. The molecule has 198 valence electrons. The molecule has 0 aliphatic heterocycles. The Morgan fingerprint density at radius 1 is 0.865 bits per heavy atom. The molecule has 8 nitrogen and oxygen atoms in total. The number of anilines is 2. The van der Waals surface area contributed by atoms with Crippen molar-refractivity contribution in [2.45, 2.75) is 59.7 Å². The monoisotopic (exact) mass is 582 g/mol. The Kier molecular flexibility index (Phi) is 8.58. The first-order valence-corrected chi connectivity index (χ1v) is 13.5. The van der Waals surface area contributed by atoms with Crippen LogP contribution in [-0.2, 0) is 9.47 Å². The number of hydrogen-bond acceptors (Lipinski definition) is 9. The zero-order chi connectivity index (χ0) is 27.7. The minimum absolute atomic E-state index is 0.174. The zero-order valence-corrected chi connectivity index (χ0v) is 24.7. The molecule has 4 rings (SSSR count). The first-order chi connectivity index (χ1) is 17.1. The molecule has 0 radical (unpaired) electrons. The lowest BCUT2D eigenvalue weighted by atomic mass is 10.2. The number of carbonyl (C=O) groups excluding carboxylic acids is 2. The molecule has 2 amide bonds. The molecule has 0 fully saturated rings. The number of nitrogen functional groups attached to an aromatic ring is 1. The second kappa shape index (κ2) is 11.0. The van der Waals surface area contributed by atoms with Gasteiger partial charge in [-0.25, -0.2) is 9.59 Å². The van der Waals surface area contributed by atoms with Crippen molar-refractivity contribution in [3.8, 4) is 0 Å². The van der Waals surface area contributed by atoms with Crippen LogP contribution < -0.4 is 10.6 Å². The number of aryl methyl sites for hydroxylation is 1. The Labute approximate surface area is 233 Å². The molecule has 0 spiro atoms. The summed E-state index contributed by atoms with van der Waals surface area (Å²) in [6, 6.07) is 9.12. The molecule has 0 unspecified atom stereocenters. The number of aromatic nitrogens is 2. The summed E-state index contributed by atoms with van der Waals surface area (Å²) in [5.41, 5.74) is 4.85. The molecule has 2 aromatic heterocycles. The lowest BCUT2D eigenvalue weighted by Crippen LogP contribution is -2.44. The van der Waals surface area contributed by atoms with Crippen LogP contribution in [0.5, 0.6) is 0 Å². The van der Waals surface area contributed by atoms with Crippen LogP contribution in [0, 0.1) is 6.92 Å². The number of nitrogens with zero attached hydrogens (tertiary/aromatic N) is 3. The van der Waals surface area contributed by atoms with E-state index in [1.165, 1.54) is 11.5 Å². The van der Waals surface area contributed by atoms with Gasteiger partial charge in [-0.1, -0.05) is 23.2 Å². The number of imide groups is 1. The number of amides is 2. The fraction of sp³-hybridized carbons (Fsp3) is 0.360. The summed E-state index contributed by atoms with van der Waals surface area (Å²) in [5.74, 6) is 0.759. The van der Waals surface area contributed by atoms with E-state index < -0.39 is 23.4 Å². The van der Waals surface area contributed by atoms with Gasteiger partial charge in [-0.15, -0.1) is 0 Å². The molecule has 37 heavy (non-hydrogen) atoms. The molecule has 0 bridgehead atoms. The lowest BCUT2D eigenvalue weighted by molar-refractivity contribution is 0.0430. The van der Waals surface area contributed by atoms with Crippen molar-refractivity contribution in [3.63, 3.8) is 0 Å². The van der Waals surface area contributed by atoms with E-state index in [0.717, 1.165) is 41.8 Å². The van der Waals surface area contributed by atoms with Crippen molar-refractivity contribution in [2.75, 3.05) is 10.6 Å². The van der Waals surface area contributed by atoms with Crippen molar-refractivity contribution < 1.29 is 19.1 Å². The normalized spacial score (nSPS) is 11.7. The van der Waals surface area contributed by atoms with Crippen LogP contribution in [0.15, 0.2) is 30.3 Å². The maximum atomic E-state index is 12.7. The minimum Gasteiger partial charge on any atom is -0.443 e. The number of benzene rings is 2. The number of halogens is 2. The highest BCUT2D eigenvalue weighted by Gasteiger charge is 2.35. The highest BCUT2D eigenvalue weighted by atomic mass is 35.5. The molecule has 0 saturated heterocycles. The van der Waals surface area contributed by atoms with Gasteiger partial charge >= 0.3 is 12.2 Å². The summed E-state index contributed by atoms with van der Waals surface area (Å²) in [6.07, 6.45) is -1.68. The summed E-state index contributed by atoms with van der Waals surface area (Å²) in [4.78, 5) is 26.3. The van der Waals surface area contributed by atoms with Gasteiger partial charge in [-0.2, -0.15) is 13.6 Å². The van der Waals surface area contributed by atoms with Crippen LogP contribution in [-0.4, -0.2) is 32.1 Å². The maximum Gasteiger partial charge on any atom is 0.425 e. The van der Waals surface area contributed by atoms with Crippen LogP contribution in [0.3, 0.4) is 0 Å². The number of carbonyl (C=O) groups is 2. The molecule has 12 heteroatoms. The molecule has 4 aromatic rings. The van der Waals surface area contributed by atoms with Crippen LogP contribution in [0.1, 0.15) is 47.1 Å². The van der Waals surface area contributed by atoms with Crippen LogP contribution in [0.4, 0.5) is 21.2 Å². The Hall–Kier alpha value is -2.66. The summed E-state index contributed by atoms with van der Waals surface area (Å²) in [6.45, 7) is 12.2. The molecule has 2 heterocycles. The topological polar surface area (TPSA) is 108 Å². The van der Waals surface area contributed by atoms with Crippen LogP contribution >= 0.6 is 46.3 Å². The Morgan fingerprint density at radius 2 is 1.41 bits per heavy atom. The first-order valence-electron chi connectivity index (χ1n) is 11.2. The summed E-state index contributed by atoms with van der Waals surface area (Å²) >= 11 is 14.4. The third kappa shape index (κ3) is 7.44. The Balaban J connectivity index is 0.000000284. The quantitative estimate of drug-likeness (QED) is 0.239. The Morgan fingerprint density at radius 3 is 1.97 bits per heavy atom. The largest absolute Gasteiger partial charge is 0.443 e. The van der Waals surface area contributed by atoms with Crippen LogP contribution in [0.2, 0.25) is 10.0 Å². The Bertz CT molecular complexity index is 1430. The van der Waals surface area contributed by atoms with Gasteiger partial charge in [0.25, 0.3) is 0 Å². The van der Waals surface area contributed by atoms with E-state index in [-0.39, 0.29) is 5.82 Å². The molecule has 0 aliphatic carbocycles. The number of rotatable bonds is 1. The second-order valence-electron chi connectivity index (χ2n) is 10.1. The first kappa shape index (κ1) is 28.9. The van der Waals surface area contributed by atoms with E-state index in [1.807, 2.05) is 25.1 Å². The molecule has 2 aromatic carbocycles. The van der Waals surface area contributed by atoms with E-state index in [2.05, 4.69) is 8.75 Å². The minimum atomic E-state index is -0.841. The molecule has 0 aliphatic rings. The fourth-order valence-corrected chi connectivity index (χ4v) is 5.00. The van der Waals surface area contributed by atoms with Gasteiger partial charge in [0.1, 0.15) is 17.0 Å². The van der Waals surface area contributed by atoms with E-state index in [0.29, 0.717) is 16.2 Å². The van der Waals surface area contributed by atoms with E-state index in [9.17, 15) is 9.59 Å². The number of hydrogen-bond donors (Lipinski definition) is 1. The molecule has 2 N–H and O–H groups in total. The zero-order valence-electron chi connectivity index (χ0n) is 21.5. The van der Waals surface area contributed by atoms with Gasteiger partial charge in [0.05, 0.1) is 9.40 Å². The third-order valence-corrected chi connectivity index (χ3v) is 6.82. The van der Waals surface area contributed by atoms with Crippen molar-refractivity contribution in [1.82, 2.24) is 8.75 Å². The van der Waals surface area contributed by atoms with Gasteiger partial charge in [0.2, 0.25) is 0 Å². The number of nitrogens with two attached hydrogens (primary N) is 1. The van der Waals surface area contributed by atoms with Gasteiger partial charge < -0.3 is 15.2 Å². The highest BCUT2D eigenvalue weighted by Crippen LogP contribution is 2.35. The standard InChI is InChI=1S/C18H23ClN2O4S.C7H5ClN2S/c1-10-8-11-13(9-12(10)19)26-20-14(11)21(15(22)24-17(2,3)4)16(23)25-18(5,6)7;8-4-1-2-5-6(3-4)11-10-7(5)9/h8-9H,1-7H3;1-3H,(H2,9,10). The average molecular weight is 584 g/mol. The molecular weight excluding hydrogens is 555 g/mol. The average Bonchev–Trinajstić information content (AvgIpc) is 3.30. The van der Waals surface area contributed by atoms with Crippen molar-refractivity contribution in [1.29, 1.82) is 0 Å². The van der Waals surface area contributed by atoms with Crippen molar-refractivity contribution in [3.05, 3.63) is 45.9 Å². The molecule has 0 saturated carbocycles. The van der Waals surface area contributed by atoms with Crippen molar-refractivity contribution in [2.24, 2.45) is 0 Å². The van der Waals surface area contributed by atoms with E-state index in [1.54, 1.807) is 53.7 Å². The summed E-state index contributed by atoms with van der Waals surface area (Å²) < 4.78 is 20.9. The predicted molar refractivity (Wildman–Crippen MR) is 153 cm³/mol. The lowest BCUT2D eigenvalue weighted by Gasteiger charge is -2.27. The van der Waals surface area contributed by atoms with Crippen molar-refractivity contribution >= 4 is 90.3 Å². The highest BCUT2D eigenvalue weighted by molar-refractivity contribution is 7.14. The van der Waals surface area contributed by atoms with Gasteiger partial charge in [0, 0.05) is 20.8 Å². The SMILES string of the molecule is Cc1cc2c(N(C(=O)OC(C)(C)C)C(=O)OC(C)(C)C)nsc2cc1Cl.Nc1nsc2cc(Cl)ccc12. The van der Waals surface area contributed by atoms with Gasteiger partial charge in [0.15, 0.2) is 5.82 Å². The molecular formula is C25H28Cl2N4O4S2. The van der Waals surface area contributed by atoms with Gasteiger partial charge in [-0.3, -0.25) is 0 Å². The van der Waals surface area contributed by atoms with E-state index in [4.69, 9.17) is 38.4 Å². The van der Waals surface area contributed by atoms with E-state index >= 15 is 0 Å².